The van der Waals surface area contributed by atoms with Crippen LogP contribution in [0.15, 0.2) is 24.3 Å². The first kappa shape index (κ1) is 15.1. The molecule has 0 saturated carbocycles. The number of aromatic nitrogens is 3. The van der Waals surface area contributed by atoms with Gasteiger partial charge in [-0.25, -0.2) is 9.97 Å². The molecule has 0 amide bonds. The molecule has 1 N–H and O–H groups in total. The smallest absolute Gasteiger partial charge is 0.203 e. The number of nitrogens with zero attached hydrogens (tertiary/aromatic N) is 3. The first-order valence-electron chi connectivity index (χ1n) is 7.14. The molecular weight excluding hydrogens is 312 g/mol. The van der Waals surface area contributed by atoms with Gasteiger partial charge in [-0.2, -0.15) is 4.37 Å². The van der Waals surface area contributed by atoms with Crippen LogP contribution in [-0.4, -0.2) is 14.3 Å². The molecule has 0 radical (unpaired) electrons. The Kier molecular flexibility index (Phi) is 4.22. The lowest BCUT2D eigenvalue weighted by atomic mass is 10.2. The molecule has 0 aliphatic carbocycles. The van der Waals surface area contributed by atoms with E-state index in [0.717, 1.165) is 21.7 Å². The number of benzene rings is 1. The fourth-order valence-electron chi connectivity index (χ4n) is 2.24. The zero-order chi connectivity index (χ0) is 15.7. The van der Waals surface area contributed by atoms with Gasteiger partial charge in [0.25, 0.3) is 0 Å². The van der Waals surface area contributed by atoms with Crippen molar-refractivity contribution >= 4 is 28.0 Å². The largest absolute Gasteiger partial charge is 0.353 e. The van der Waals surface area contributed by atoms with Crippen molar-refractivity contribution in [3.8, 4) is 10.6 Å². The van der Waals surface area contributed by atoms with Crippen molar-refractivity contribution in [1.82, 2.24) is 14.3 Å². The highest BCUT2D eigenvalue weighted by atomic mass is 32.1. The van der Waals surface area contributed by atoms with E-state index in [-0.39, 0.29) is 6.04 Å². The van der Waals surface area contributed by atoms with Crippen molar-refractivity contribution in [1.29, 1.82) is 0 Å². The monoisotopic (exact) mass is 330 g/mol. The summed E-state index contributed by atoms with van der Waals surface area (Å²) in [5.74, 6) is 0.807. The van der Waals surface area contributed by atoms with Gasteiger partial charge >= 0.3 is 0 Å². The van der Waals surface area contributed by atoms with E-state index < -0.39 is 0 Å². The summed E-state index contributed by atoms with van der Waals surface area (Å²) in [6.45, 7) is 8.20. The van der Waals surface area contributed by atoms with Crippen molar-refractivity contribution < 1.29 is 0 Å². The van der Waals surface area contributed by atoms with Gasteiger partial charge in [-0.3, -0.25) is 0 Å². The molecule has 2 aromatic heterocycles. The van der Waals surface area contributed by atoms with Gasteiger partial charge in [0.05, 0.1) is 16.6 Å². The van der Waals surface area contributed by atoms with Crippen molar-refractivity contribution in [3.63, 3.8) is 0 Å². The molecule has 0 bridgehead atoms. The maximum absolute atomic E-state index is 4.72. The van der Waals surface area contributed by atoms with Gasteiger partial charge in [-0.15, -0.1) is 11.3 Å². The molecule has 114 valence electrons. The number of anilines is 1. The number of hydrogen-bond acceptors (Lipinski definition) is 6. The molecule has 3 rings (SSSR count). The summed E-state index contributed by atoms with van der Waals surface area (Å²) in [6, 6.07) is 8.67. The normalized spacial score (nSPS) is 12.4. The zero-order valence-corrected chi connectivity index (χ0v) is 14.7. The zero-order valence-electron chi connectivity index (χ0n) is 13.0. The molecule has 3 aromatic rings. The molecule has 0 spiro atoms. The Balaban J connectivity index is 1.83. The van der Waals surface area contributed by atoms with Gasteiger partial charge in [-0.1, -0.05) is 29.8 Å². The molecule has 0 saturated heterocycles. The maximum atomic E-state index is 4.72. The number of thiazole rings is 1. The van der Waals surface area contributed by atoms with Crippen molar-refractivity contribution in [3.05, 3.63) is 46.2 Å². The third kappa shape index (κ3) is 3.18. The van der Waals surface area contributed by atoms with Gasteiger partial charge in [0.15, 0.2) is 0 Å². The van der Waals surface area contributed by atoms with Gasteiger partial charge in [0.1, 0.15) is 10.8 Å². The van der Waals surface area contributed by atoms with E-state index in [2.05, 4.69) is 59.7 Å². The molecule has 22 heavy (non-hydrogen) atoms. The predicted molar refractivity (Wildman–Crippen MR) is 93.7 cm³/mol. The Morgan fingerprint density at radius 1 is 1.05 bits per heavy atom. The van der Waals surface area contributed by atoms with Crippen molar-refractivity contribution in [2.45, 2.75) is 33.7 Å². The molecule has 0 fully saturated rings. The van der Waals surface area contributed by atoms with E-state index in [1.54, 1.807) is 11.3 Å². The summed E-state index contributed by atoms with van der Waals surface area (Å²) in [6.07, 6.45) is 0. The summed E-state index contributed by atoms with van der Waals surface area (Å²) < 4.78 is 4.20. The van der Waals surface area contributed by atoms with Crippen LogP contribution in [0.4, 0.5) is 5.13 Å². The predicted octanol–water partition coefficient (Wildman–Crippen LogP) is 4.76. The van der Waals surface area contributed by atoms with Crippen LogP contribution in [0.5, 0.6) is 0 Å². The van der Waals surface area contributed by atoms with Crippen LogP contribution in [0, 0.1) is 20.8 Å². The molecular formula is C16H18N4S2. The summed E-state index contributed by atoms with van der Waals surface area (Å²) >= 11 is 3.13. The minimum absolute atomic E-state index is 0.170. The number of nitrogens with one attached hydrogen (secondary N) is 1. The third-order valence-corrected chi connectivity index (χ3v) is 5.52. The third-order valence-electron chi connectivity index (χ3n) is 3.39. The second kappa shape index (κ2) is 6.14. The quantitative estimate of drug-likeness (QED) is 0.749. The molecule has 1 aromatic carbocycles. The number of hydrogen-bond donors (Lipinski definition) is 1. The molecule has 6 heteroatoms. The topological polar surface area (TPSA) is 50.7 Å². The van der Waals surface area contributed by atoms with Crippen LogP contribution in [0.25, 0.3) is 10.6 Å². The summed E-state index contributed by atoms with van der Waals surface area (Å²) in [5, 5.41) is 5.33. The highest BCUT2D eigenvalue weighted by molar-refractivity contribution is 7.15. The Hall–Kier alpha value is -1.79. The van der Waals surface area contributed by atoms with E-state index in [4.69, 9.17) is 4.98 Å². The Bertz CT molecular complexity index is 774. The highest BCUT2D eigenvalue weighted by Crippen LogP contribution is 2.33. The van der Waals surface area contributed by atoms with E-state index in [1.807, 2.05) is 6.92 Å². The maximum Gasteiger partial charge on any atom is 0.203 e. The van der Waals surface area contributed by atoms with Crippen LogP contribution in [0.3, 0.4) is 0 Å². The molecule has 0 aliphatic rings. The van der Waals surface area contributed by atoms with E-state index in [9.17, 15) is 0 Å². The van der Waals surface area contributed by atoms with Gasteiger partial charge in [0, 0.05) is 17.1 Å². The first-order valence-corrected chi connectivity index (χ1v) is 8.73. The van der Waals surface area contributed by atoms with Crippen LogP contribution < -0.4 is 5.32 Å². The average Bonchev–Trinajstić information content (AvgIpc) is 3.06. The second-order valence-electron chi connectivity index (χ2n) is 5.35. The van der Waals surface area contributed by atoms with E-state index >= 15 is 0 Å². The lowest BCUT2D eigenvalue weighted by Gasteiger charge is -2.10. The summed E-state index contributed by atoms with van der Waals surface area (Å²) in [7, 11) is 0. The highest BCUT2D eigenvalue weighted by Gasteiger charge is 2.16. The van der Waals surface area contributed by atoms with Gasteiger partial charge < -0.3 is 5.32 Å². The van der Waals surface area contributed by atoms with Crippen molar-refractivity contribution in [2.24, 2.45) is 0 Å². The molecule has 4 nitrogen and oxygen atoms in total. The fraction of sp³-hybridized carbons (Fsp3) is 0.312. The molecule has 2 heterocycles. The van der Waals surface area contributed by atoms with E-state index in [1.165, 1.54) is 27.5 Å². The van der Waals surface area contributed by atoms with Crippen LogP contribution in [-0.2, 0) is 0 Å². The van der Waals surface area contributed by atoms with Crippen LogP contribution in [0.2, 0.25) is 0 Å². The molecule has 1 atom stereocenters. The Labute approximate surface area is 138 Å². The van der Waals surface area contributed by atoms with Crippen LogP contribution in [0.1, 0.15) is 34.9 Å². The minimum atomic E-state index is 0.170. The van der Waals surface area contributed by atoms with Gasteiger partial charge in [-0.05, 0) is 27.7 Å². The van der Waals surface area contributed by atoms with Crippen molar-refractivity contribution in [2.75, 3.05) is 5.32 Å². The molecule has 0 aliphatic heterocycles. The first-order chi connectivity index (χ1) is 10.5. The second-order valence-corrected chi connectivity index (χ2v) is 7.13. The average molecular weight is 330 g/mol. The standard InChI is InChI=1S/C16H18N4S2/c1-9-5-7-13(8-6-9)15-17-10(2)14(21-15)11(3)18-16-19-12(4)20-22-16/h5-8,11H,1-4H3,(H,18,19,20). The SMILES string of the molecule is Cc1ccc(-c2nc(C)c(C(C)Nc3nc(C)ns3)s2)cc1. The number of aryl methyl sites for hydroxylation is 3. The summed E-state index contributed by atoms with van der Waals surface area (Å²) in [5.41, 5.74) is 3.50. The Morgan fingerprint density at radius 3 is 2.41 bits per heavy atom. The summed E-state index contributed by atoms with van der Waals surface area (Å²) in [4.78, 5) is 10.3. The Morgan fingerprint density at radius 2 is 1.77 bits per heavy atom. The lowest BCUT2D eigenvalue weighted by molar-refractivity contribution is 0.885. The minimum Gasteiger partial charge on any atom is -0.353 e. The number of rotatable bonds is 4. The van der Waals surface area contributed by atoms with E-state index in [0.29, 0.717) is 0 Å². The molecule has 1 unspecified atom stereocenters. The van der Waals surface area contributed by atoms with Crippen LogP contribution >= 0.6 is 22.9 Å². The fourth-order valence-corrected chi connectivity index (χ4v) is 3.97. The van der Waals surface area contributed by atoms with Gasteiger partial charge in [0.2, 0.25) is 5.13 Å². The lowest BCUT2D eigenvalue weighted by Crippen LogP contribution is -2.05.